The van der Waals surface area contributed by atoms with Crippen LogP contribution in [0.15, 0.2) is 24.3 Å². The van der Waals surface area contributed by atoms with Crippen molar-refractivity contribution < 1.29 is 5.11 Å². The summed E-state index contributed by atoms with van der Waals surface area (Å²) in [7, 11) is 4.15. The van der Waals surface area contributed by atoms with Gasteiger partial charge >= 0.3 is 0 Å². The average molecular weight is 249 g/mol. The van der Waals surface area contributed by atoms with Gasteiger partial charge in [0.2, 0.25) is 0 Å². The molecular formula is C14H23N3O. The number of nitrogen functional groups attached to an aromatic ring is 1. The lowest BCUT2D eigenvalue weighted by Crippen LogP contribution is -2.37. The predicted molar refractivity (Wildman–Crippen MR) is 74.2 cm³/mol. The number of likely N-dealkylation sites (N-methyl/N-ethyl adjacent to an activating group) is 1. The molecule has 4 heteroatoms. The van der Waals surface area contributed by atoms with Crippen molar-refractivity contribution in [1.29, 1.82) is 0 Å². The predicted octanol–water partition coefficient (Wildman–Crippen LogP) is 0.766. The number of nitrogens with zero attached hydrogens (tertiary/aromatic N) is 2. The second kappa shape index (κ2) is 5.69. The Hall–Kier alpha value is -1.10. The summed E-state index contributed by atoms with van der Waals surface area (Å²) in [5, 5.41) is 9.82. The number of anilines is 1. The monoisotopic (exact) mass is 249 g/mol. The number of benzene rings is 1. The third-order valence-corrected chi connectivity index (χ3v) is 3.45. The summed E-state index contributed by atoms with van der Waals surface area (Å²) < 4.78 is 0. The normalized spacial score (nSPS) is 24.9. The lowest BCUT2D eigenvalue weighted by Gasteiger charge is -2.26. The molecule has 4 nitrogen and oxygen atoms in total. The van der Waals surface area contributed by atoms with Crippen molar-refractivity contribution in [3.63, 3.8) is 0 Å². The third-order valence-electron chi connectivity index (χ3n) is 3.45. The molecule has 1 aliphatic rings. The summed E-state index contributed by atoms with van der Waals surface area (Å²) in [5.41, 5.74) is 7.74. The smallest absolute Gasteiger partial charge is 0.0682 e. The lowest BCUT2D eigenvalue weighted by atomic mass is 10.1. The number of rotatable bonds is 4. The molecule has 100 valence electrons. The first kappa shape index (κ1) is 13.3. The fourth-order valence-corrected chi connectivity index (χ4v) is 2.62. The zero-order chi connectivity index (χ0) is 13.1. The van der Waals surface area contributed by atoms with E-state index in [4.69, 9.17) is 5.73 Å². The van der Waals surface area contributed by atoms with Crippen molar-refractivity contribution in [1.82, 2.24) is 9.80 Å². The van der Waals surface area contributed by atoms with Crippen LogP contribution in [0.1, 0.15) is 12.0 Å². The Kier molecular flexibility index (Phi) is 4.22. The molecule has 0 radical (unpaired) electrons. The van der Waals surface area contributed by atoms with Gasteiger partial charge in [0.15, 0.2) is 0 Å². The molecule has 0 saturated carbocycles. The number of hydrogen-bond acceptors (Lipinski definition) is 4. The molecule has 1 fully saturated rings. The van der Waals surface area contributed by atoms with Gasteiger partial charge in [0.1, 0.15) is 0 Å². The second-order valence-corrected chi connectivity index (χ2v) is 5.48. The maximum atomic E-state index is 9.82. The van der Waals surface area contributed by atoms with Crippen molar-refractivity contribution in [2.75, 3.05) is 32.9 Å². The lowest BCUT2D eigenvalue weighted by molar-refractivity contribution is 0.169. The van der Waals surface area contributed by atoms with E-state index in [1.54, 1.807) is 0 Å². The summed E-state index contributed by atoms with van der Waals surface area (Å²) in [6.45, 7) is 2.64. The van der Waals surface area contributed by atoms with Crippen LogP contribution in [0.2, 0.25) is 0 Å². The average Bonchev–Trinajstić information content (AvgIpc) is 2.61. The fourth-order valence-electron chi connectivity index (χ4n) is 2.62. The van der Waals surface area contributed by atoms with E-state index >= 15 is 0 Å². The standard InChI is InChI=1S/C14H23N3O/c1-16(2)9-13-7-14(18)10-17(13)8-11-3-5-12(15)6-4-11/h3-6,13-14,18H,7-10,15H2,1-2H3. The molecule has 0 bridgehead atoms. The van der Waals surface area contributed by atoms with Gasteiger partial charge in [-0.1, -0.05) is 12.1 Å². The van der Waals surface area contributed by atoms with Gasteiger partial charge in [0.25, 0.3) is 0 Å². The van der Waals surface area contributed by atoms with Crippen molar-refractivity contribution >= 4 is 5.69 Å². The van der Waals surface area contributed by atoms with Crippen LogP contribution < -0.4 is 5.73 Å². The van der Waals surface area contributed by atoms with Gasteiger partial charge in [-0.05, 0) is 38.2 Å². The van der Waals surface area contributed by atoms with E-state index in [2.05, 4.69) is 36.0 Å². The van der Waals surface area contributed by atoms with Crippen LogP contribution >= 0.6 is 0 Å². The molecule has 1 aliphatic heterocycles. The number of β-amino-alcohol motifs (C(OH)–C–C–N with tert-alkyl or cyclic N) is 1. The highest BCUT2D eigenvalue weighted by Gasteiger charge is 2.30. The van der Waals surface area contributed by atoms with E-state index in [1.165, 1.54) is 5.56 Å². The molecule has 0 aromatic heterocycles. The van der Waals surface area contributed by atoms with Crippen molar-refractivity contribution in [2.24, 2.45) is 0 Å². The molecule has 0 aliphatic carbocycles. The highest BCUT2D eigenvalue weighted by molar-refractivity contribution is 5.39. The van der Waals surface area contributed by atoms with Crippen LogP contribution in [0, 0.1) is 0 Å². The van der Waals surface area contributed by atoms with E-state index < -0.39 is 0 Å². The van der Waals surface area contributed by atoms with Gasteiger partial charge in [0.05, 0.1) is 6.10 Å². The molecule has 0 spiro atoms. The Bertz CT molecular complexity index is 377. The second-order valence-electron chi connectivity index (χ2n) is 5.48. The molecule has 1 saturated heterocycles. The number of likely N-dealkylation sites (tertiary alicyclic amines) is 1. The molecule has 1 aromatic rings. The molecular weight excluding hydrogens is 226 g/mol. The Morgan fingerprint density at radius 1 is 1.33 bits per heavy atom. The minimum absolute atomic E-state index is 0.191. The van der Waals surface area contributed by atoms with E-state index in [0.29, 0.717) is 6.04 Å². The minimum atomic E-state index is -0.191. The van der Waals surface area contributed by atoms with E-state index in [9.17, 15) is 5.11 Å². The Balaban J connectivity index is 2.00. The van der Waals surface area contributed by atoms with Gasteiger partial charge in [0, 0.05) is 31.4 Å². The van der Waals surface area contributed by atoms with Crippen LogP contribution in [0.3, 0.4) is 0 Å². The largest absolute Gasteiger partial charge is 0.399 e. The van der Waals surface area contributed by atoms with Gasteiger partial charge in [-0.2, -0.15) is 0 Å². The first-order chi connectivity index (χ1) is 8.54. The molecule has 3 N–H and O–H groups in total. The number of nitrogens with two attached hydrogens (primary N) is 1. The SMILES string of the molecule is CN(C)CC1CC(O)CN1Cc1ccc(N)cc1. The third kappa shape index (κ3) is 3.45. The molecule has 18 heavy (non-hydrogen) atoms. The van der Waals surface area contributed by atoms with Crippen LogP contribution in [-0.2, 0) is 6.54 Å². The Labute approximate surface area is 109 Å². The molecule has 2 rings (SSSR count). The van der Waals surface area contributed by atoms with Crippen LogP contribution in [-0.4, -0.2) is 54.2 Å². The maximum Gasteiger partial charge on any atom is 0.0682 e. The van der Waals surface area contributed by atoms with E-state index in [-0.39, 0.29) is 6.10 Å². The summed E-state index contributed by atoms with van der Waals surface area (Å²) in [6, 6.07) is 8.43. The summed E-state index contributed by atoms with van der Waals surface area (Å²) >= 11 is 0. The number of aliphatic hydroxyl groups is 1. The summed E-state index contributed by atoms with van der Waals surface area (Å²) in [4.78, 5) is 4.54. The zero-order valence-electron chi connectivity index (χ0n) is 11.2. The van der Waals surface area contributed by atoms with Crippen molar-refractivity contribution in [3.05, 3.63) is 29.8 Å². The van der Waals surface area contributed by atoms with E-state index in [1.807, 2.05) is 12.1 Å². The maximum absolute atomic E-state index is 9.82. The van der Waals surface area contributed by atoms with E-state index in [0.717, 1.165) is 31.7 Å². The van der Waals surface area contributed by atoms with Crippen LogP contribution in [0.4, 0.5) is 5.69 Å². The highest BCUT2D eigenvalue weighted by atomic mass is 16.3. The van der Waals surface area contributed by atoms with Gasteiger partial charge < -0.3 is 15.7 Å². The molecule has 1 aromatic carbocycles. The Morgan fingerprint density at radius 3 is 2.61 bits per heavy atom. The quantitative estimate of drug-likeness (QED) is 0.774. The van der Waals surface area contributed by atoms with Crippen LogP contribution in [0.5, 0.6) is 0 Å². The molecule has 1 heterocycles. The van der Waals surface area contributed by atoms with Gasteiger partial charge in [-0.15, -0.1) is 0 Å². The van der Waals surface area contributed by atoms with Crippen molar-refractivity contribution in [2.45, 2.75) is 25.1 Å². The Morgan fingerprint density at radius 2 is 2.00 bits per heavy atom. The molecule has 2 atom stereocenters. The van der Waals surface area contributed by atoms with Gasteiger partial charge in [-0.25, -0.2) is 0 Å². The van der Waals surface area contributed by atoms with Gasteiger partial charge in [-0.3, -0.25) is 4.90 Å². The van der Waals surface area contributed by atoms with Crippen LogP contribution in [0.25, 0.3) is 0 Å². The topological polar surface area (TPSA) is 52.7 Å². The molecule has 0 amide bonds. The zero-order valence-corrected chi connectivity index (χ0v) is 11.2. The summed E-state index contributed by atoms with van der Waals surface area (Å²) in [5.74, 6) is 0. The number of aliphatic hydroxyl groups excluding tert-OH is 1. The van der Waals surface area contributed by atoms with Crippen molar-refractivity contribution in [3.8, 4) is 0 Å². The first-order valence-corrected chi connectivity index (χ1v) is 6.46. The molecule has 2 unspecified atom stereocenters. The highest BCUT2D eigenvalue weighted by Crippen LogP contribution is 2.21. The first-order valence-electron chi connectivity index (χ1n) is 6.46. The summed E-state index contributed by atoms with van der Waals surface area (Å²) in [6.07, 6.45) is 0.677. The number of hydrogen-bond donors (Lipinski definition) is 2. The minimum Gasteiger partial charge on any atom is -0.399 e. The fraction of sp³-hybridized carbons (Fsp3) is 0.571.